The van der Waals surface area contributed by atoms with E-state index in [4.69, 9.17) is 23.2 Å². The minimum absolute atomic E-state index is 0.00794. The number of halogens is 2. The molecular weight excluding hydrogens is 247 g/mol. The van der Waals surface area contributed by atoms with Crippen LogP contribution in [0.25, 0.3) is 0 Å². The van der Waals surface area contributed by atoms with Crippen LogP contribution in [0.3, 0.4) is 0 Å². The summed E-state index contributed by atoms with van der Waals surface area (Å²) < 4.78 is 0. The van der Waals surface area contributed by atoms with Crippen LogP contribution in [0.15, 0.2) is 18.2 Å². The zero-order valence-electron chi connectivity index (χ0n) is 8.59. The van der Waals surface area contributed by atoms with Crippen LogP contribution in [0.2, 0.25) is 10.0 Å². The van der Waals surface area contributed by atoms with Crippen LogP contribution in [0.5, 0.6) is 0 Å². The van der Waals surface area contributed by atoms with Gasteiger partial charge in [-0.1, -0.05) is 23.2 Å². The molecule has 2 N–H and O–H groups in total. The van der Waals surface area contributed by atoms with Crippen molar-refractivity contribution in [3.05, 3.63) is 28.2 Å². The molecule has 0 saturated heterocycles. The van der Waals surface area contributed by atoms with Gasteiger partial charge in [0.15, 0.2) is 0 Å². The Balaban J connectivity index is 1.83. The third kappa shape index (κ3) is 3.29. The highest BCUT2D eigenvalue weighted by Gasteiger charge is 2.22. The van der Waals surface area contributed by atoms with Crippen LogP contribution in [0, 0.1) is 0 Å². The molecule has 2 rings (SSSR count). The number of anilines is 1. The Bertz CT molecular complexity index is 405. The Labute approximate surface area is 104 Å². The molecule has 1 aliphatic rings. The van der Waals surface area contributed by atoms with E-state index in [1.165, 1.54) is 0 Å². The average molecular weight is 259 g/mol. The van der Waals surface area contributed by atoms with Crippen molar-refractivity contribution < 1.29 is 4.79 Å². The fourth-order valence-electron chi connectivity index (χ4n) is 1.29. The van der Waals surface area contributed by atoms with Gasteiger partial charge < -0.3 is 10.6 Å². The van der Waals surface area contributed by atoms with Crippen LogP contribution >= 0.6 is 23.2 Å². The summed E-state index contributed by atoms with van der Waals surface area (Å²) >= 11 is 11.6. The van der Waals surface area contributed by atoms with E-state index in [0.717, 1.165) is 18.5 Å². The predicted octanol–water partition coefficient (Wildman–Crippen LogP) is 2.68. The molecule has 1 aliphatic carbocycles. The maximum absolute atomic E-state index is 11.4. The molecule has 0 unspecified atom stereocenters. The number of rotatable bonds is 4. The van der Waals surface area contributed by atoms with E-state index < -0.39 is 0 Å². The van der Waals surface area contributed by atoms with Crippen molar-refractivity contribution in [3.8, 4) is 0 Å². The molecule has 0 atom stereocenters. The van der Waals surface area contributed by atoms with Crippen LogP contribution in [-0.4, -0.2) is 18.5 Å². The standard InChI is InChI=1S/C11H12Cl2N2O/c12-9-4-3-8(5-10(9)13)14-6-11(16)15-7-1-2-7/h3-5,7,14H,1-2,6H2,(H,15,16). The highest BCUT2D eigenvalue weighted by atomic mass is 35.5. The van der Waals surface area contributed by atoms with Gasteiger partial charge in [0.1, 0.15) is 0 Å². The first kappa shape index (κ1) is 11.6. The van der Waals surface area contributed by atoms with E-state index in [1.807, 2.05) is 0 Å². The van der Waals surface area contributed by atoms with Gasteiger partial charge in [0.25, 0.3) is 0 Å². The fraction of sp³-hybridized carbons (Fsp3) is 0.364. The van der Waals surface area contributed by atoms with Crippen molar-refractivity contribution in [1.29, 1.82) is 0 Å². The number of carbonyl (C=O) groups excluding carboxylic acids is 1. The summed E-state index contributed by atoms with van der Waals surface area (Å²) in [5, 5.41) is 6.87. The third-order valence-electron chi connectivity index (χ3n) is 2.32. The molecule has 1 fully saturated rings. The van der Waals surface area contributed by atoms with Crippen LogP contribution in [-0.2, 0) is 4.79 Å². The first-order valence-corrected chi connectivity index (χ1v) is 5.89. The lowest BCUT2D eigenvalue weighted by molar-refractivity contribution is -0.119. The highest BCUT2D eigenvalue weighted by molar-refractivity contribution is 6.42. The molecule has 16 heavy (non-hydrogen) atoms. The molecule has 86 valence electrons. The number of hydrogen-bond acceptors (Lipinski definition) is 2. The lowest BCUT2D eigenvalue weighted by Crippen LogP contribution is -2.31. The average Bonchev–Trinajstić information content (AvgIpc) is 3.04. The minimum atomic E-state index is 0.00794. The van der Waals surface area contributed by atoms with E-state index in [0.29, 0.717) is 16.1 Å². The molecule has 5 heteroatoms. The Kier molecular flexibility index (Phi) is 3.56. The molecule has 1 amide bonds. The predicted molar refractivity (Wildman–Crippen MR) is 66.1 cm³/mol. The Morgan fingerprint density at radius 3 is 2.69 bits per heavy atom. The summed E-state index contributed by atoms with van der Waals surface area (Å²) in [6.07, 6.45) is 2.19. The topological polar surface area (TPSA) is 41.1 Å². The SMILES string of the molecule is O=C(CNc1ccc(Cl)c(Cl)c1)NC1CC1. The second-order valence-electron chi connectivity index (χ2n) is 3.82. The lowest BCUT2D eigenvalue weighted by atomic mass is 10.3. The number of carbonyl (C=O) groups is 1. The van der Waals surface area contributed by atoms with Gasteiger partial charge in [-0.05, 0) is 31.0 Å². The highest BCUT2D eigenvalue weighted by Crippen LogP contribution is 2.24. The summed E-state index contributed by atoms with van der Waals surface area (Å²) in [5.41, 5.74) is 0.792. The normalized spacial score (nSPS) is 14.6. The van der Waals surface area contributed by atoms with Gasteiger partial charge in [-0.2, -0.15) is 0 Å². The van der Waals surface area contributed by atoms with E-state index in [9.17, 15) is 4.79 Å². The second kappa shape index (κ2) is 4.93. The summed E-state index contributed by atoms with van der Waals surface area (Å²) in [6, 6.07) is 5.58. The lowest BCUT2D eigenvalue weighted by Gasteiger charge is -2.07. The maximum Gasteiger partial charge on any atom is 0.239 e. The number of hydrogen-bond donors (Lipinski definition) is 2. The third-order valence-corrected chi connectivity index (χ3v) is 3.05. The summed E-state index contributed by atoms with van der Waals surface area (Å²) in [5.74, 6) is 0.00794. The van der Waals surface area contributed by atoms with Gasteiger partial charge >= 0.3 is 0 Å². The first-order valence-electron chi connectivity index (χ1n) is 5.13. The molecule has 0 aromatic heterocycles. The van der Waals surface area contributed by atoms with Gasteiger partial charge in [0, 0.05) is 11.7 Å². The van der Waals surface area contributed by atoms with E-state index in [2.05, 4.69) is 10.6 Å². The quantitative estimate of drug-likeness (QED) is 0.872. The molecule has 1 saturated carbocycles. The molecule has 0 heterocycles. The number of nitrogens with one attached hydrogen (secondary N) is 2. The Morgan fingerprint density at radius 2 is 2.06 bits per heavy atom. The van der Waals surface area contributed by atoms with Gasteiger partial charge in [-0.15, -0.1) is 0 Å². The zero-order chi connectivity index (χ0) is 11.5. The van der Waals surface area contributed by atoms with Crippen molar-refractivity contribution in [1.82, 2.24) is 5.32 Å². The minimum Gasteiger partial charge on any atom is -0.376 e. The molecule has 1 aromatic carbocycles. The number of benzene rings is 1. The van der Waals surface area contributed by atoms with Crippen LogP contribution in [0.1, 0.15) is 12.8 Å². The van der Waals surface area contributed by atoms with Gasteiger partial charge in [0.05, 0.1) is 16.6 Å². The summed E-state index contributed by atoms with van der Waals surface area (Å²) in [6.45, 7) is 0.258. The monoisotopic (exact) mass is 258 g/mol. The molecule has 3 nitrogen and oxygen atoms in total. The largest absolute Gasteiger partial charge is 0.376 e. The van der Waals surface area contributed by atoms with Crippen molar-refractivity contribution >= 4 is 34.8 Å². The molecule has 0 bridgehead atoms. The van der Waals surface area contributed by atoms with E-state index >= 15 is 0 Å². The van der Waals surface area contributed by atoms with Crippen molar-refractivity contribution in [2.45, 2.75) is 18.9 Å². The van der Waals surface area contributed by atoms with Gasteiger partial charge in [-0.25, -0.2) is 0 Å². The van der Waals surface area contributed by atoms with Crippen molar-refractivity contribution in [3.63, 3.8) is 0 Å². The zero-order valence-corrected chi connectivity index (χ0v) is 10.1. The molecule has 1 aromatic rings. The van der Waals surface area contributed by atoms with Gasteiger partial charge in [-0.3, -0.25) is 4.79 Å². The van der Waals surface area contributed by atoms with Crippen LogP contribution in [0.4, 0.5) is 5.69 Å². The maximum atomic E-state index is 11.4. The second-order valence-corrected chi connectivity index (χ2v) is 4.64. The number of amides is 1. The Morgan fingerprint density at radius 1 is 1.31 bits per heavy atom. The fourth-order valence-corrected chi connectivity index (χ4v) is 1.59. The van der Waals surface area contributed by atoms with Crippen molar-refractivity contribution in [2.24, 2.45) is 0 Å². The molecule has 0 radical (unpaired) electrons. The molecular formula is C11H12Cl2N2O. The summed E-state index contributed by atoms with van der Waals surface area (Å²) in [4.78, 5) is 11.4. The summed E-state index contributed by atoms with van der Waals surface area (Å²) in [7, 11) is 0. The smallest absolute Gasteiger partial charge is 0.239 e. The van der Waals surface area contributed by atoms with Crippen LogP contribution < -0.4 is 10.6 Å². The first-order chi connectivity index (χ1) is 7.65. The molecule has 0 aliphatic heterocycles. The van der Waals surface area contributed by atoms with Crippen molar-refractivity contribution in [2.75, 3.05) is 11.9 Å². The van der Waals surface area contributed by atoms with E-state index in [-0.39, 0.29) is 12.5 Å². The Hall–Kier alpha value is -0.930. The van der Waals surface area contributed by atoms with Gasteiger partial charge in [0.2, 0.25) is 5.91 Å². The molecule has 0 spiro atoms. The van der Waals surface area contributed by atoms with E-state index in [1.54, 1.807) is 18.2 Å².